The van der Waals surface area contributed by atoms with Gasteiger partial charge in [-0.1, -0.05) is 18.9 Å². The number of imide groups is 1. The van der Waals surface area contributed by atoms with E-state index in [0.717, 1.165) is 32.1 Å². The highest BCUT2D eigenvalue weighted by Crippen LogP contribution is 2.38. The summed E-state index contributed by atoms with van der Waals surface area (Å²) >= 11 is 0. The van der Waals surface area contributed by atoms with Crippen LogP contribution in [0.3, 0.4) is 0 Å². The summed E-state index contributed by atoms with van der Waals surface area (Å²) in [5.41, 5.74) is 0.328. The number of sulfonamides is 1. The van der Waals surface area contributed by atoms with Gasteiger partial charge in [-0.2, -0.15) is 0 Å². The molecule has 1 aromatic carbocycles. The van der Waals surface area contributed by atoms with Crippen LogP contribution in [-0.2, 0) is 24.4 Å². The third-order valence-corrected chi connectivity index (χ3v) is 7.43. The van der Waals surface area contributed by atoms with Crippen LogP contribution < -0.4 is 10.0 Å². The van der Waals surface area contributed by atoms with E-state index in [4.69, 9.17) is 0 Å². The molecule has 2 aliphatic heterocycles. The van der Waals surface area contributed by atoms with Crippen molar-refractivity contribution < 1.29 is 22.8 Å². The Bertz CT molecular complexity index is 1010. The van der Waals surface area contributed by atoms with E-state index in [-0.39, 0.29) is 41.5 Å². The van der Waals surface area contributed by atoms with Gasteiger partial charge in [0, 0.05) is 31.6 Å². The maximum Gasteiger partial charge on any atom is 0.262 e. The Hall–Kier alpha value is -2.75. The van der Waals surface area contributed by atoms with Crippen LogP contribution in [0.25, 0.3) is 0 Å². The number of anilines is 1. The molecular formula is C21H26N4O5S. The molecule has 1 saturated carbocycles. The fraction of sp³-hybridized carbons (Fsp3) is 0.524. The van der Waals surface area contributed by atoms with Crippen LogP contribution in [0.15, 0.2) is 34.2 Å². The van der Waals surface area contributed by atoms with Crippen LogP contribution in [0.4, 0.5) is 5.69 Å². The van der Waals surface area contributed by atoms with Gasteiger partial charge in [-0.3, -0.25) is 29.0 Å². The lowest BCUT2D eigenvalue weighted by molar-refractivity contribution is -0.140. The summed E-state index contributed by atoms with van der Waals surface area (Å²) < 4.78 is 27.5. The first kappa shape index (κ1) is 21.5. The smallest absolute Gasteiger partial charge is 0.262 e. The largest absolute Gasteiger partial charge is 0.326 e. The number of carbonyl (C=O) groups excluding carboxylic acids is 3. The fourth-order valence-corrected chi connectivity index (χ4v) is 5.60. The molecule has 2 atom stereocenters. The van der Waals surface area contributed by atoms with Crippen LogP contribution in [0.2, 0.25) is 0 Å². The molecule has 0 spiro atoms. The van der Waals surface area contributed by atoms with Crippen LogP contribution in [0.1, 0.15) is 44.9 Å². The molecule has 3 aliphatic rings. The van der Waals surface area contributed by atoms with Gasteiger partial charge in [0.1, 0.15) is 5.84 Å². The van der Waals surface area contributed by atoms with Crippen molar-refractivity contribution in [2.24, 2.45) is 16.8 Å². The minimum absolute atomic E-state index is 0.0221. The van der Waals surface area contributed by atoms with Crippen molar-refractivity contribution in [1.82, 2.24) is 9.62 Å². The van der Waals surface area contributed by atoms with Gasteiger partial charge in [-0.05, 0) is 37.5 Å². The van der Waals surface area contributed by atoms with Gasteiger partial charge in [0.25, 0.3) is 10.0 Å². The second-order valence-electron chi connectivity index (χ2n) is 8.19. The SMILES string of the molecule is O=C(CCN1C(=O)[C@H]2CCCC[C@@H]2C1=O)Nc1cccc(S(=O)(=O)NC2=NCCC2)c1. The highest BCUT2D eigenvalue weighted by molar-refractivity contribution is 7.90. The molecular weight excluding hydrogens is 420 g/mol. The highest BCUT2D eigenvalue weighted by atomic mass is 32.2. The lowest BCUT2D eigenvalue weighted by Gasteiger charge is -2.19. The van der Waals surface area contributed by atoms with Crippen molar-refractivity contribution in [3.8, 4) is 0 Å². The number of nitrogens with zero attached hydrogens (tertiary/aromatic N) is 2. The van der Waals surface area contributed by atoms with Gasteiger partial charge in [-0.15, -0.1) is 0 Å². The second-order valence-corrected chi connectivity index (χ2v) is 9.87. The number of nitrogens with one attached hydrogen (secondary N) is 2. The topological polar surface area (TPSA) is 125 Å². The van der Waals surface area contributed by atoms with Crippen LogP contribution in [0, 0.1) is 11.8 Å². The number of hydrogen-bond donors (Lipinski definition) is 2. The number of fused-ring (bicyclic) bond motifs is 1. The average molecular weight is 447 g/mol. The average Bonchev–Trinajstić information content (AvgIpc) is 3.33. The van der Waals surface area contributed by atoms with Crippen molar-refractivity contribution in [3.05, 3.63) is 24.3 Å². The van der Waals surface area contributed by atoms with Crippen molar-refractivity contribution in [2.45, 2.75) is 49.8 Å². The first-order valence-electron chi connectivity index (χ1n) is 10.7. The van der Waals surface area contributed by atoms with E-state index in [1.54, 1.807) is 12.1 Å². The maximum absolute atomic E-state index is 12.5. The zero-order valence-electron chi connectivity index (χ0n) is 17.2. The van der Waals surface area contributed by atoms with Crippen molar-refractivity contribution in [2.75, 3.05) is 18.4 Å². The standard InChI is InChI=1S/C21H26N4O5S/c26-19(10-12-25-20(27)16-7-1-2-8-17(16)21(25)28)23-14-5-3-6-15(13-14)31(29,30)24-18-9-4-11-22-18/h3,5-6,13,16-17H,1-2,4,7-12H2,(H,22,24)(H,23,26)/t16-,17-/m0/s1. The Kier molecular flexibility index (Phi) is 6.08. The number of hydrogen-bond acceptors (Lipinski definition) is 6. The minimum atomic E-state index is -3.78. The molecule has 31 heavy (non-hydrogen) atoms. The maximum atomic E-state index is 12.5. The zero-order chi connectivity index (χ0) is 22.0. The lowest BCUT2D eigenvalue weighted by Crippen LogP contribution is -2.34. The molecule has 3 amide bonds. The Morgan fingerprint density at radius 3 is 2.45 bits per heavy atom. The third-order valence-electron chi connectivity index (χ3n) is 6.05. The summed E-state index contributed by atoms with van der Waals surface area (Å²) in [4.78, 5) is 42.8. The molecule has 0 bridgehead atoms. The van der Waals surface area contributed by atoms with E-state index < -0.39 is 15.9 Å². The first-order chi connectivity index (χ1) is 14.8. The van der Waals surface area contributed by atoms with E-state index in [0.29, 0.717) is 24.5 Å². The molecule has 9 nitrogen and oxygen atoms in total. The van der Waals surface area contributed by atoms with E-state index in [2.05, 4.69) is 15.0 Å². The van der Waals surface area contributed by atoms with E-state index >= 15 is 0 Å². The molecule has 4 rings (SSSR count). The Balaban J connectivity index is 1.35. The predicted molar refractivity (Wildman–Crippen MR) is 114 cm³/mol. The summed E-state index contributed by atoms with van der Waals surface area (Å²) in [6.45, 7) is 0.646. The van der Waals surface area contributed by atoms with Crippen LogP contribution in [0.5, 0.6) is 0 Å². The number of amidine groups is 1. The van der Waals surface area contributed by atoms with Crippen molar-refractivity contribution in [3.63, 3.8) is 0 Å². The Morgan fingerprint density at radius 2 is 1.81 bits per heavy atom. The monoisotopic (exact) mass is 446 g/mol. The van der Waals surface area contributed by atoms with Crippen LogP contribution in [-0.4, -0.2) is 50.0 Å². The van der Waals surface area contributed by atoms with Gasteiger partial charge in [-0.25, -0.2) is 8.42 Å². The van der Waals surface area contributed by atoms with Crippen molar-refractivity contribution >= 4 is 39.3 Å². The van der Waals surface area contributed by atoms with E-state index in [1.165, 1.54) is 17.0 Å². The molecule has 1 saturated heterocycles. The zero-order valence-corrected chi connectivity index (χ0v) is 18.0. The molecule has 166 valence electrons. The molecule has 0 unspecified atom stereocenters. The first-order valence-corrected chi connectivity index (χ1v) is 12.1. The van der Waals surface area contributed by atoms with Gasteiger partial charge in [0.05, 0.1) is 16.7 Å². The molecule has 1 aromatic rings. The summed E-state index contributed by atoms with van der Waals surface area (Å²) in [5, 5.41) is 2.65. The molecule has 0 radical (unpaired) electrons. The number of likely N-dealkylation sites (tertiary alicyclic amines) is 1. The van der Waals surface area contributed by atoms with E-state index in [9.17, 15) is 22.8 Å². The molecule has 2 N–H and O–H groups in total. The molecule has 1 aliphatic carbocycles. The lowest BCUT2D eigenvalue weighted by atomic mass is 9.81. The normalized spacial score (nSPS) is 23.5. The molecule has 2 fully saturated rings. The summed E-state index contributed by atoms with van der Waals surface area (Å²) in [6.07, 6.45) is 4.75. The van der Waals surface area contributed by atoms with Gasteiger partial charge < -0.3 is 5.32 Å². The predicted octanol–water partition coefficient (Wildman–Crippen LogP) is 1.66. The summed E-state index contributed by atoms with van der Waals surface area (Å²) in [7, 11) is -3.78. The van der Waals surface area contributed by atoms with E-state index in [1.807, 2.05) is 0 Å². The molecule has 0 aromatic heterocycles. The number of rotatable bonds is 6. The Morgan fingerprint density at radius 1 is 1.10 bits per heavy atom. The highest BCUT2D eigenvalue weighted by Gasteiger charge is 2.47. The number of amides is 3. The summed E-state index contributed by atoms with van der Waals surface area (Å²) in [6, 6.07) is 5.94. The number of carbonyl (C=O) groups is 3. The molecule has 10 heteroatoms. The van der Waals surface area contributed by atoms with Crippen molar-refractivity contribution in [1.29, 1.82) is 0 Å². The fourth-order valence-electron chi connectivity index (χ4n) is 4.47. The molecule has 2 heterocycles. The number of aliphatic imine (C=N–C) groups is 1. The van der Waals surface area contributed by atoms with Crippen LogP contribution >= 0.6 is 0 Å². The number of benzene rings is 1. The summed E-state index contributed by atoms with van der Waals surface area (Å²) in [5.74, 6) is -0.757. The van der Waals surface area contributed by atoms with Gasteiger partial charge in [0.2, 0.25) is 17.7 Å². The minimum Gasteiger partial charge on any atom is -0.326 e. The quantitative estimate of drug-likeness (QED) is 0.643. The second kappa shape index (κ2) is 8.78. The van der Waals surface area contributed by atoms with Gasteiger partial charge >= 0.3 is 0 Å². The third kappa shape index (κ3) is 4.63. The Labute approximate surface area is 181 Å². The van der Waals surface area contributed by atoms with Gasteiger partial charge in [0.15, 0.2) is 0 Å².